The minimum absolute atomic E-state index is 0.226. The summed E-state index contributed by atoms with van der Waals surface area (Å²) in [4.78, 5) is 0. The van der Waals surface area contributed by atoms with Crippen molar-refractivity contribution in [3.63, 3.8) is 0 Å². The predicted octanol–water partition coefficient (Wildman–Crippen LogP) is 2.72. The van der Waals surface area contributed by atoms with Gasteiger partial charge in [0.1, 0.15) is 0 Å². The Hall–Kier alpha value is -2.94. The highest BCUT2D eigenvalue weighted by Gasteiger charge is 2.09. The lowest BCUT2D eigenvalue weighted by atomic mass is 10.1. The zero-order valence-corrected chi connectivity index (χ0v) is 13.5. The summed E-state index contributed by atoms with van der Waals surface area (Å²) in [6.07, 6.45) is 4.74. The summed E-state index contributed by atoms with van der Waals surface area (Å²) in [6, 6.07) is 25.5. The molecule has 0 radical (unpaired) electrons. The lowest BCUT2D eigenvalue weighted by Crippen LogP contribution is -2.37. The van der Waals surface area contributed by atoms with Crippen LogP contribution in [-0.2, 0) is 12.8 Å². The van der Waals surface area contributed by atoms with Crippen molar-refractivity contribution >= 4 is 5.90 Å². The molecule has 3 nitrogen and oxygen atoms in total. The van der Waals surface area contributed by atoms with Crippen molar-refractivity contribution in [2.24, 2.45) is 5.10 Å². The van der Waals surface area contributed by atoms with Crippen molar-refractivity contribution in [3.8, 4) is 0 Å². The number of aromatic nitrogens is 1. The molecule has 0 aliphatic rings. The number of rotatable bonds is 6. The molecule has 0 unspecified atom stereocenters. The molecule has 0 atom stereocenters. The van der Waals surface area contributed by atoms with Gasteiger partial charge in [0.2, 0.25) is 11.9 Å². The number of aryl methyl sites for hydroxylation is 2. The molecule has 24 heavy (non-hydrogen) atoms. The molecule has 3 aromatic rings. The third kappa shape index (κ3) is 4.29. The minimum Gasteiger partial charge on any atom is -0.854 e. The van der Waals surface area contributed by atoms with Gasteiger partial charge in [-0.05, 0) is 35.1 Å². The van der Waals surface area contributed by atoms with E-state index in [1.807, 2.05) is 48.7 Å². The topological polar surface area (TPSA) is 39.3 Å². The Morgan fingerprint density at radius 2 is 1.46 bits per heavy atom. The molecule has 1 aromatic heterocycles. The highest BCUT2D eigenvalue weighted by atomic mass is 16.3. The number of hydrogen-bond donors (Lipinski definition) is 0. The van der Waals surface area contributed by atoms with Gasteiger partial charge >= 0.3 is 0 Å². The van der Waals surface area contributed by atoms with Crippen molar-refractivity contribution in [1.82, 2.24) is 0 Å². The standard InChI is InChI=1S/C21H20N2O/c24-21(19-13-5-2-6-14-19)22-23-17-8-7-15-20(23)16-9-12-18-10-3-1-4-11-18/h1-8,10-11,13-15,17H,9,12,16H2. The van der Waals surface area contributed by atoms with Crippen molar-refractivity contribution in [2.45, 2.75) is 19.3 Å². The molecule has 0 bridgehead atoms. The van der Waals surface area contributed by atoms with Crippen LogP contribution < -0.4 is 9.78 Å². The molecule has 0 amide bonds. The van der Waals surface area contributed by atoms with E-state index in [1.54, 1.807) is 16.8 Å². The zero-order valence-electron chi connectivity index (χ0n) is 13.5. The summed E-state index contributed by atoms with van der Waals surface area (Å²) in [7, 11) is 0. The maximum absolute atomic E-state index is 12.3. The maximum atomic E-state index is 12.3. The van der Waals surface area contributed by atoms with Gasteiger partial charge in [-0.15, -0.1) is 0 Å². The molecular weight excluding hydrogens is 296 g/mol. The fourth-order valence-electron chi connectivity index (χ4n) is 2.62. The monoisotopic (exact) mass is 316 g/mol. The fourth-order valence-corrected chi connectivity index (χ4v) is 2.62. The molecule has 3 rings (SSSR count). The van der Waals surface area contributed by atoms with Gasteiger partial charge in [0.05, 0.1) is 5.90 Å². The van der Waals surface area contributed by atoms with E-state index in [0.717, 1.165) is 25.0 Å². The van der Waals surface area contributed by atoms with E-state index in [4.69, 9.17) is 0 Å². The van der Waals surface area contributed by atoms with Gasteiger partial charge in [-0.25, -0.2) is 0 Å². The molecule has 0 aliphatic carbocycles. The van der Waals surface area contributed by atoms with Crippen LogP contribution in [0, 0.1) is 0 Å². The number of hydrogen-bond acceptors (Lipinski definition) is 2. The van der Waals surface area contributed by atoms with E-state index < -0.39 is 0 Å². The first kappa shape index (κ1) is 15.9. The first-order valence-corrected chi connectivity index (χ1v) is 8.18. The predicted molar refractivity (Wildman–Crippen MR) is 93.5 cm³/mol. The van der Waals surface area contributed by atoms with Crippen LogP contribution in [0.1, 0.15) is 23.2 Å². The number of pyridine rings is 1. The van der Waals surface area contributed by atoms with E-state index in [1.165, 1.54) is 5.56 Å². The fraction of sp³-hybridized carbons (Fsp3) is 0.143. The Bertz CT molecular complexity index is 798. The van der Waals surface area contributed by atoms with E-state index in [2.05, 4.69) is 29.4 Å². The van der Waals surface area contributed by atoms with E-state index in [0.29, 0.717) is 5.56 Å². The van der Waals surface area contributed by atoms with Crippen molar-refractivity contribution < 1.29 is 9.78 Å². The Kier molecular flexibility index (Phi) is 5.36. The maximum Gasteiger partial charge on any atom is 0.214 e. The molecule has 0 fully saturated rings. The van der Waals surface area contributed by atoms with E-state index in [9.17, 15) is 5.11 Å². The molecule has 120 valence electrons. The number of nitrogens with zero attached hydrogens (tertiary/aromatic N) is 2. The van der Waals surface area contributed by atoms with Crippen LogP contribution in [0.15, 0.2) is 90.2 Å². The Labute approximate surface area is 142 Å². The van der Waals surface area contributed by atoms with Crippen LogP contribution in [0.2, 0.25) is 0 Å². The van der Waals surface area contributed by atoms with Crippen molar-refractivity contribution in [2.75, 3.05) is 0 Å². The van der Waals surface area contributed by atoms with Crippen LogP contribution in [0.25, 0.3) is 0 Å². The Morgan fingerprint density at radius 3 is 2.21 bits per heavy atom. The highest BCUT2D eigenvalue weighted by molar-refractivity contribution is 5.89. The first-order valence-electron chi connectivity index (χ1n) is 8.18. The third-order valence-corrected chi connectivity index (χ3v) is 3.88. The summed E-state index contributed by atoms with van der Waals surface area (Å²) in [5.74, 6) is -0.226. The summed E-state index contributed by atoms with van der Waals surface area (Å²) in [5, 5.41) is 16.5. The average Bonchev–Trinajstić information content (AvgIpc) is 2.65. The second kappa shape index (κ2) is 8.06. The third-order valence-electron chi connectivity index (χ3n) is 3.88. The van der Waals surface area contributed by atoms with Gasteiger partial charge in [0.15, 0.2) is 0 Å². The lowest BCUT2D eigenvalue weighted by Gasteiger charge is -2.07. The number of benzene rings is 2. The largest absolute Gasteiger partial charge is 0.854 e. The normalized spacial score (nSPS) is 11.4. The summed E-state index contributed by atoms with van der Waals surface area (Å²) in [5.41, 5.74) is 2.97. The van der Waals surface area contributed by atoms with Gasteiger partial charge in [-0.3, -0.25) is 0 Å². The Balaban J connectivity index is 1.71. The molecule has 0 saturated heterocycles. The van der Waals surface area contributed by atoms with Crippen LogP contribution >= 0.6 is 0 Å². The van der Waals surface area contributed by atoms with Crippen molar-refractivity contribution in [1.29, 1.82) is 0 Å². The van der Waals surface area contributed by atoms with Crippen LogP contribution in [-0.4, -0.2) is 5.90 Å². The van der Waals surface area contributed by atoms with Gasteiger partial charge in [0, 0.05) is 18.6 Å². The quantitative estimate of drug-likeness (QED) is 0.391. The Morgan fingerprint density at radius 1 is 0.792 bits per heavy atom. The summed E-state index contributed by atoms with van der Waals surface area (Å²) < 4.78 is 1.69. The minimum atomic E-state index is -0.226. The van der Waals surface area contributed by atoms with Gasteiger partial charge in [-0.1, -0.05) is 65.3 Å². The van der Waals surface area contributed by atoms with Crippen LogP contribution in [0.5, 0.6) is 0 Å². The average molecular weight is 316 g/mol. The van der Waals surface area contributed by atoms with Gasteiger partial charge < -0.3 is 5.11 Å². The summed E-state index contributed by atoms with van der Waals surface area (Å²) in [6.45, 7) is 0. The van der Waals surface area contributed by atoms with Crippen molar-refractivity contribution in [3.05, 3.63) is 102 Å². The molecule has 0 aliphatic heterocycles. The van der Waals surface area contributed by atoms with E-state index in [-0.39, 0.29) is 5.90 Å². The first-order chi connectivity index (χ1) is 11.8. The van der Waals surface area contributed by atoms with Gasteiger partial charge in [-0.2, -0.15) is 0 Å². The van der Waals surface area contributed by atoms with Crippen LogP contribution in [0.4, 0.5) is 0 Å². The molecular formula is C21H20N2O. The van der Waals surface area contributed by atoms with Crippen LogP contribution in [0.3, 0.4) is 0 Å². The zero-order chi connectivity index (χ0) is 16.6. The lowest BCUT2D eigenvalue weighted by molar-refractivity contribution is -0.689. The molecule has 0 N–H and O–H groups in total. The molecule has 1 heterocycles. The highest BCUT2D eigenvalue weighted by Crippen LogP contribution is 2.06. The second-order valence-corrected chi connectivity index (χ2v) is 5.65. The van der Waals surface area contributed by atoms with Gasteiger partial charge in [0.25, 0.3) is 0 Å². The SMILES string of the molecule is [O-]/C(=N/[n+]1ccccc1CCCc1ccccc1)c1ccccc1. The summed E-state index contributed by atoms with van der Waals surface area (Å²) >= 11 is 0. The second-order valence-electron chi connectivity index (χ2n) is 5.65. The molecule has 0 saturated carbocycles. The molecule has 3 heteroatoms. The van der Waals surface area contributed by atoms with E-state index >= 15 is 0 Å². The molecule has 0 spiro atoms. The molecule has 2 aromatic carbocycles. The smallest absolute Gasteiger partial charge is 0.214 e.